The maximum atomic E-state index is 6.60. The zero-order valence-electron chi connectivity index (χ0n) is 22.7. The van der Waals surface area contributed by atoms with Gasteiger partial charge in [-0.25, -0.2) is 0 Å². The Bertz CT molecular complexity index is 2230. The summed E-state index contributed by atoms with van der Waals surface area (Å²) in [4.78, 5) is 2.38. The van der Waals surface area contributed by atoms with Crippen LogP contribution in [0.25, 0.3) is 54.6 Å². The number of para-hydroxylation sites is 2. The van der Waals surface area contributed by atoms with E-state index in [1.165, 1.54) is 38.2 Å². The van der Waals surface area contributed by atoms with E-state index in [-0.39, 0.29) is 0 Å². The second-order valence-electron chi connectivity index (χ2n) is 10.6. The standard InChI is InChI=1S/C39H27NO/c1-26-11-8-15-29(25-26)40(36-21-10-20-34-32-18-6-7-22-37(32)41-39(34)36)35-24-23-28-13-3-5-17-31(28)38(35)33-19-9-14-27-12-2-4-16-30(27)33/h2-25H,1H3. The summed E-state index contributed by atoms with van der Waals surface area (Å²) in [5.74, 6) is 0. The molecule has 0 unspecified atom stereocenters. The van der Waals surface area contributed by atoms with Crippen LogP contribution >= 0.6 is 0 Å². The molecule has 0 bridgehead atoms. The summed E-state index contributed by atoms with van der Waals surface area (Å²) < 4.78 is 6.60. The fourth-order valence-electron chi connectivity index (χ4n) is 6.26. The zero-order chi connectivity index (χ0) is 27.3. The molecule has 41 heavy (non-hydrogen) atoms. The van der Waals surface area contributed by atoms with Crippen LogP contribution in [0, 0.1) is 6.92 Å². The highest BCUT2D eigenvalue weighted by Gasteiger charge is 2.24. The summed E-state index contributed by atoms with van der Waals surface area (Å²) in [6.07, 6.45) is 0. The molecule has 0 aliphatic carbocycles. The van der Waals surface area contributed by atoms with Crippen LogP contribution in [0.4, 0.5) is 17.1 Å². The van der Waals surface area contributed by atoms with E-state index in [1.54, 1.807) is 0 Å². The van der Waals surface area contributed by atoms with E-state index >= 15 is 0 Å². The van der Waals surface area contributed by atoms with Crippen molar-refractivity contribution in [3.63, 3.8) is 0 Å². The lowest BCUT2D eigenvalue weighted by atomic mass is 9.91. The number of fused-ring (bicyclic) bond motifs is 5. The van der Waals surface area contributed by atoms with Crippen molar-refractivity contribution in [3.05, 3.63) is 151 Å². The highest BCUT2D eigenvalue weighted by Crippen LogP contribution is 2.48. The Kier molecular flexibility index (Phi) is 5.39. The second-order valence-corrected chi connectivity index (χ2v) is 10.6. The molecule has 2 heteroatoms. The predicted octanol–water partition coefficient (Wildman–Crippen LogP) is 11.3. The van der Waals surface area contributed by atoms with Crippen molar-refractivity contribution in [2.75, 3.05) is 4.90 Å². The molecule has 0 fully saturated rings. The molecule has 8 aromatic rings. The Morgan fingerprint density at radius 1 is 0.488 bits per heavy atom. The number of nitrogens with zero attached hydrogens (tertiary/aromatic N) is 1. The fraction of sp³-hybridized carbons (Fsp3) is 0.0256. The highest BCUT2D eigenvalue weighted by atomic mass is 16.3. The summed E-state index contributed by atoms with van der Waals surface area (Å²) in [7, 11) is 0. The molecule has 2 nitrogen and oxygen atoms in total. The van der Waals surface area contributed by atoms with Crippen molar-refractivity contribution in [2.45, 2.75) is 6.92 Å². The van der Waals surface area contributed by atoms with Crippen LogP contribution in [0.15, 0.2) is 150 Å². The summed E-state index contributed by atoms with van der Waals surface area (Å²) in [5, 5.41) is 7.13. The molecule has 0 atom stereocenters. The van der Waals surface area contributed by atoms with Crippen molar-refractivity contribution < 1.29 is 4.42 Å². The first-order chi connectivity index (χ1) is 20.3. The van der Waals surface area contributed by atoms with Gasteiger partial charge in [-0.05, 0) is 69.9 Å². The third-order valence-corrected chi connectivity index (χ3v) is 8.09. The second kappa shape index (κ2) is 9.39. The minimum absolute atomic E-state index is 0.882. The number of anilines is 3. The van der Waals surface area contributed by atoms with Gasteiger partial charge in [-0.2, -0.15) is 0 Å². The molecule has 7 aromatic carbocycles. The van der Waals surface area contributed by atoms with Gasteiger partial charge < -0.3 is 9.32 Å². The molecule has 0 aliphatic rings. The molecular weight excluding hydrogens is 498 g/mol. The molecule has 0 amide bonds. The first-order valence-electron chi connectivity index (χ1n) is 14.0. The quantitative estimate of drug-likeness (QED) is 0.227. The number of benzene rings is 7. The SMILES string of the molecule is Cc1cccc(N(c2ccc3ccccc3c2-c2cccc3ccccc23)c2cccc3c2oc2ccccc23)c1. The van der Waals surface area contributed by atoms with Crippen LogP contribution in [-0.2, 0) is 0 Å². The van der Waals surface area contributed by atoms with E-state index in [1.807, 2.05) is 12.1 Å². The number of rotatable bonds is 4. The van der Waals surface area contributed by atoms with Crippen LogP contribution in [0.5, 0.6) is 0 Å². The zero-order valence-corrected chi connectivity index (χ0v) is 22.7. The van der Waals surface area contributed by atoms with Crippen LogP contribution in [0.3, 0.4) is 0 Å². The van der Waals surface area contributed by atoms with Gasteiger partial charge in [-0.15, -0.1) is 0 Å². The Labute approximate surface area is 238 Å². The first-order valence-corrected chi connectivity index (χ1v) is 14.0. The van der Waals surface area contributed by atoms with E-state index in [2.05, 4.69) is 145 Å². The van der Waals surface area contributed by atoms with Gasteiger partial charge >= 0.3 is 0 Å². The largest absolute Gasteiger partial charge is 0.454 e. The first kappa shape index (κ1) is 23.5. The maximum Gasteiger partial charge on any atom is 0.159 e. The normalized spacial score (nSPS) is 11.5. The van der Waals surface area contributed by atoms with Crippen LogP contribution in [0.1, 0.15) is 5.56 Å². The Balaban J connectivity index is 1.52. The van der Waals surface area contributed by atoms with Crippen molar-refractivity contribution in [1.29, 1.82) is 0 Å². The third-order valence-electron chi connectivity index (χ3n) is 8.09. The molecule has 0 saturated heterocycles. The molecule has 0 aliphatic heterocycles. The van der Waals surface area contributed by atoms with Gasteiger partial charge in [0.2, 0.25) is 0 Å². The molecule has 8 rings (SSSR count). The minimum Gasteiger partial charge on any atom is -0.454 e. The van der Waals surface area contributed by atoms with Crippen molar-refractivity contribution in [3.8, 4) is 11.1 Å². The van der Waals surface area contributed by atoms with Crippen molar-refractivity contribution in [2.24, 2.45) is 0 Å². The molecular formula is C39H27NO. The summed E-state index contributed by atoms with van der Waals surface area (Å²) in [5.41, 5.74) is 8.62. The van der Waals surface area contributed by atoms with E-state index in [0.717, 1.165) is 39.0 Å². The Morgan fingerprint density at radius 3 is 2.00 bits per heavy atom. The molecule has 0 saturated carbocycles. The third kappa shape index (κ3) is 3.80. The number of hydrogen-bond acceptors (Lipinski definition) is 2. The lowest BCUT2D eigenvalue weighted by Gasteiger charge is -2.29. The van der Waals surface area contributed by atoms with Crippen LogP contribution < -0.4 is 4.90 Å². The monoisotopic (exact) mass is 525 g/mol. The van der Waals surface area contributed by atoms with Crippen molar-refractivity contribution in [1.82, 2.24) is 0 Å². The average molecular weight is 526 g/mol. The molecule has 0 spiro atoms. The van der Waals surface area contributed by atoms with Gasteiger partial charge in [0.1, 0.15) is 5.58 Å². The smallest absolute Gasteiger partial charge is 0.159 e. The lowest BCUT2D eigenvalue weighted by Crippen LogP contribution is -2.12. The minimum atomic E-state index is 0.882. The molecule has 194 valence electrons. The van der Waals surface area contributed by atoms with Crippen LogP contribution in [0.2, 0.25) is 0 Å². The summed E-state index contributed by atoms with van der Waals surface area (Å²) in [6.45, 7) is 2.15. The van der Waals surface area contributed by atoms with Crippen LogP contribution in [-0.4, -0.2) is 0 Å². The molecule has 1 heterocycles. The van der Waals surface area contributed by atoms with E-state index in [9.17, 15) is 0 Å². The number of furan rings is 1. The Hall–Kier alpha value is -5.34. The van der Waals surface area contributed by atoms with Gasteiger partial charge in [0, 0.05) is 22.0 Å². The summed E-state index contributed by atoms with van der Waals surface area (Å²) in [6, 6.07) is 52.0. The van der Waals surface area contributed by atoms with Crippen molar-refractivity contribution >= 4 is 60.5 Å². The highest BCUT2D eigenvalue weighted by molar-refractivity contribution is 6.14. The number of hydrogen-bond donors (Lipinski definition) is 0. The fourth-order valence-corrected chi connectivity index (χ4v) is 6.26. The number of aryl methyl sites for hydroxylation is 1. The molecule has 0 N–H and O–H groups in total. The van der Waals surface area contributed by atoms with Gasteiger partial charge in [0.25, 0.3) is 0 Å². The van der Waals surface area contributed by atoms with E-state index in [4.69, 9.17) is 4.42 Å². The van der Waals surface area contributed by atoms with Gasteiger partial charge in [0.15, 0.2) is 5.58 Å². The predicted molar refractivity (Wildman–Crippen MR) is 174 cm³/mol. The summed E-state index contributed by atoms with van der Waals surface area (Å²) >= 11 is 0. The van der Waals surface area contributed by atoms with Gasteiger partial charge in [0.05, 0.1) is 11.4 Å². The van der Waals surface area contributed by atoms with Gasteiger partial charge in [-0.1, -0.05) is 115 Å². The van der Waals surface area contributed by atoms with E-state index in [0.29, 0.717) is 0 Å². The molecule has 0 radical (unpaired) electrons. The lowest BCUT2D eigenvalue weighted by molar-refractivity contribution is 0.669. The van der Waals surface area contributed by atoms with E-state index < -0.39 is 0 Å². The Morgan fingerprint density at radius 2 is 1.15 bits per heavy atom. The average Bonchev–Trinajstić information content (AvgIpc) is 3.41. The topological polar surface area (TPSA) is 16.4 Å². The van der Waals surface area contributed by atoms with Gasteiger partial charge in [-0.3, -0.25) is 0 Å². The maximum absolute atomic E-state index is 6.60. The molecule has 1 aromatic heterocycles.